The van der Waals surface area contributed by atoms with Gasteiger partial charge in [-0.1, -0.05) is 0 Å². The summed E-state index contributed by atoms with van der Waals surface area (Å²) >= 11 is 5.91. The molecule has 0 saturated carbocycles. The van der Waals surface area contributed by atoms with Crippen LogP contribution < -0.4 is 5.32 Å². The summed E-state index contributed by atoms with van der Waals surface area (Å²) in [6.07, 6.45) is -2.71. The Hall–Kier alpha value is -1.34. The topological polar surface area (TPSA) is 51.2 Å². The van der Waals surface area contributed by atoms with Gasteiger partial charge in [-0.25, -0.2) is 0 Å². The number of hydrogen-bond donors (Lipinski definition) is 1. The highest BCUT2D eigenvalue weighted by Crippen LogP contribution is 2.28. The van der Waals surface area contributed by atoms with Crippen molar-refractivity contribution >= 4 is 17.5 Å². The molecule has 1 saturated heterocycles. The molecule has 1 aliphatic rings. The number of amides is 1. The molecule has 0 unspecified atom stereocenters. The summed E-state index contributed by atoms with van der Waals surface area (Å²) in [5.41, 5.74) is -1.56. The predicted molar refractivity (Wildman–Crippen MR) is 70.2 cm³/mol. The zero-order chi connectivity index (χ0) is 15.5. The minimum absolute atomic E-state index is 0.0704. The van der Waals surface area contributed by atoms with Crippen LogP contribution in [-0.2, 0) is 10.9 Å². The van der Waals surface area contributed by atoms with Crippen LogP contribution in [0.2, 0.25) is 0 Å². The van der Waals surface area contributed by atoms with Crippen molar-refractivity contribution in [2.75, 3.05) is 19.1 Å². The van der Waals surface area contributed by atoms with Gasteiger partial charge in [0.2, 0.25) is 0 Å². The van der Waals surface area contributed by atoms with E-state index in [0.717, 1.165) is 12.1 Å². The number of carbonyl (C=O) groups is 1. The minimum atomic E-state index is -4.47. The van der Waals surface area contributed by atoms with E-state index in [-0.39, 0.29) is 11.6 Å². The number of pyridine rings is 1. The van der Waals surface area contributed by atoms with Crippen LogP contribution in [0.15, 0.2) is 18.3 Å². The van der Waals surface area contributed by atoms with E-state index in [1.165, 1.54) is 0 Å². The molecule has 0 aliphatic carbocycles. The molecule has 116 valence electrons. The maximum Gasteiger partial charge on any atom is 0.417 e. The van der Waals surface area contributed by atoms with Crippen LogP contribution in [0.1, 0.15) is 28.9 Å². The van der Waals surface area contributed by atoms with Gasteiger partial charge in [0.1, 0.15) is 5.69 Å². The summed E-state index contributed by atoms with van der Waals surface area (Å²) < 4.78 is 42.5. The second-order valence-electron chi connectivity index (χ2n) is 4.91. The van der Waals surface area contributed by atoms with E-state index in [9.17, 15) is 18.0 Å². The number of nitrogens with one attached hydrogen (secondary N) is 1. The summed E-state index contributed by atoms with van der Waals surface area (Å²) in [6, 6.07) is 1.89. The molecular weight excluding hydrogens is 309 g/mol. The van der Waals surface area contributed by atoms with Crippen molar-refractivity contribution in [3.63, 3.8) is 0 Å². The Kier molecular flexibility index (Phi) is 4.73. The molecule has 2 rings (SSSR count). The van der Waals surface area contributed by atoms with Crippen molar-refractivity contribution in [2.45, 2.75) is 24.6 Å². The van der Waals surface area contributed by atoms with Crippen molar-refractivity contribution < 1.29 is 22.7 Å². The fourth-order valence-electron chi connectivity index (χ4n) is 2.05. The summed E-state index contributed by atoms with van der Waals surface area (Å²) in [5.74, 6) is -0.325. The molecule has 0 atom stereocenters. The lowest BCUT2D eigenvalue weighted by Gasteiger charge is -2.36. The molecule has 1 fully saturated rings. The van der Waals surface area contributed by atoms with Gasteiger partial charge in [-0.3, -0.25) is 9.78 Å². The van der Waals surface area contributed by atoms with Crippen molar-refractivity contribution in [3.05, 3.63) is 29.6 Å². The van der Waals surface area contributed by atoms with Crippen LogP contribution in [0, 0.1) is 0 Å². The number of aromatic nitrogens is 1. The van der Waals surface area contributed by atoms with Crippen LogP contribution in [-0.4, -0.2) is 35.5 Å². The van der Waals surface area contributed by atoms with Crippen LogP contribution >= 0.6 is 11.6 Å². The average molecular weight is 323 g/mol. The summed E-state index contributed by atoms with van der Waals surface area (Å²) in [7, 11) is 0. The molecule has 0 aromatic carbocycles. The molecule has 1 N–H and O–H groups in total. The largest absolute Gasteiger partial charge is 0.417 e. The number of nitrogens with zero attached hydrogens (tertiary/aromatic N) is 1. The fourth-order valence-corrected chi connectivity index (χ4v) is 2.39. The standard InChI is InChI=1S/C13H14ClF3N2O2/c14-8-12(3-5-21-6-4-12)19-11(20)10-2-1-9(7-18-10)13(15,16)17/h1-2,7H,3-6,8H2,(H,19,20). The van der Waals surface area contributed by atoms with Gasteiger partial charge < -0.3 is 10.1 Å². The Bertz CT molecular complexity index is 499. The molecule has 0 spiro atoms. The zero-order valence-electron chi connectivity index (χ0n) is 11.0. The first-order chi connectivity index (χ1) is 9.86. The van der Waals surface area contributed by atoms with E-state index in [1.54, 1.807) is 0 Å². The van der Waals surface area contributed by atoms with E-state index in [2.05, 4.69) is 10.3 Å². The van der Waals surface area contributed by atoms with Crippen molar-refractivity contribution in [1.82, 2.24) is 10.3 Å². The highest BCUT2D eigenvalue weighted by molar-refractivity contribution is 6.19. The first-order valence-corrected chi connectivity index (χ1v) is 6.89. The number of carbonyl (C=O) groups excluding carboxylic acids is 1. The molecule has 8 heteroatoms. The molecular formula is C13H14ClF3N2O2. The first-order valence-electron chi connectivity index (χ1n) is 6.36. The smallest absolute Gasteiger partial charge is 0.381 e. The number of hydrogen-bond acceptors (Lipinski definition) is 3. The zero-order valence-corrected chi connectivity index (χ0v) is 11.8. The summed E-state index contributed by atoms with van der Waals surface area (Å²) in [4.78, 5) is 15.7. The van der Waals surface area contributed by atoms with Gasteiger partial charge in [-0.2, -0.15) is 13.2 Å². The Labute approximate surface area is 124 Å². The Morgan fingerprint density at radius 2 is 2.05 bits per heavy atom. The van der Waals surface area contributed by atoms with Gasteiger partial charge in [0.05, 0.1) is 11.1 Å². The summed E-state index contributed by atoms with van der Waals surface area (Å²) in [5, 5.41) is 2.76. The lowest BCUT2D eigenvalue weighted by atomic mass is 9.92. The van der Waals surface area contributed by atoms with Crippen LogP contribution in [0.25, 0.3) is 0 Å². The summed E-state index contributed by atoms with van der Waals surface area (Å²) in [6.45, 7) is 0.959. The van der Waals surface area contributed by atoms with E-state index in [0.29, 0.717) is 32.3 Å². The van der Waals surface area contributed by atoms with Gasteiger partial charge in [-0.05, 0) is 25.0 Å². The van der Waals surface area contributed by atoms with Gasteiger partial charge in [0.25, 0.3) is 5.91 Å². The number of halogens is 4. The monoisotopic (exact) mass is 322 g/mol. The second-order valence-corrected chi connectivity index (χ2v) is 5.18. The number of ether oxygens (including phenoxy) is 1. The van der Waals surface area contributed by atoms with E-state index in [1.807, 2.05) is 0 Å². The first kappa shape index (κ1) is 16.0. The normalized spacial score (nSPS) is 18.3. The lowest BCUT2D eigenvalue weighted by Crippen LogP contribution is -2.53. The maximum atomic E-state index is 12.4. The van der Waals surface area contributed by atoms with Crippen molar-refractivity contribution in [2.24, 2.45) is 0 Å². The second kappa shape index (κ2) is 6.19. The van der Waals surface area contributed by atoms with Crippen molar-refractivity contribution in [1.29, 1.82) is 0 Å². The third-order valence-corrected chi connectivity index (χ3v) is 3.92. The molecule has 2 heterocycles. The molecule has 1 aromatic rings. The third kappa shape index (κ3) is 3.85. The van der Waals surface area contributed by atoms with Gasteiger partial charge >= 0.3 is 6.18 Å². The van der Waals surface area contributed by atoms with E-state index < -0.39 is 23.2 Å². The molecule has 0 radical (unpaired) electrons. The third-order valence-electron chi connectivity index (χ3n) is 3.41. The number of rotatable bonds is 3. The van der Waals surface area contributed by atoms with E-state index >= 15 is 0 Å². The lowest BCUT2D eigenvalue weighted by molar-refractivity contribution is -0.137. The van der Waals surface area contributed by atoms with Crippen LogP contribution in [0.4, 0.5) is 13.2 Å². The Balaban J connectivity index is 2.09. The Morgan fingerprint density at radius 1 is 1.38 bits per heavy atom. The SMILES string of the molecule is O=C(NC1(CCl)CCOCC1)c1ccc(C(F)(F)F)cn1. The molecule has 21 heavy (non-hydrogen) atoms. The molecule has 4 nitrogen and oxygen atoms in total. The quantitative estimate of drug-likeness (QED) is 0.870. The highest BCUT2D eigenvalue weighted by Gasteiger charge is 2.34. The van der Waals surface area contributed by atoms with Crippen LogP contribution in [0.3, 0.4) is 0 Å². The number of alkyl halides is 4. The van der Waals surface area contributed by atoms with Gasteiger partial charge in [0, 0.05) is 25.3 Å². The van der Waals surface area contributed by atoms with Gasteiger partial charge in [0.15, 0.2) is 0 Å². The van der Waals surface area contributed by atoms with Crippen molar-refractivity contribution in [3.8, 4) is 0 Å². The average Bonchev–Trinajstić information content (AvgIpc) is 2.47. The molecule has 1 amide bonds. The highest BCUT2D eigenvalue weighted by atomic mass is 35.5. The minimum Gasteiger partial charge on any atom is -0.381 e. The Morgan fingerprint density at radius 3 is 2.52 bits per heavy atom. The molecule has 1 aliphatic heterocycles. The maximum absolute atomic E-state index is 12.4. The molecule has 0 bridgehead atoms. The van der Waals surface area contributed by atoms with E-state index in [4.69, 9.17) is 16.3 Å². The fraction of sp³-hybridized carbons (Fsp3) is 0.538. The van der Waals surface area contributed by atoms with Gasteiger partial charge in [-0.15, -0.1) is 11.6 Å². The van der Waals surface area contributed by atoms with Crippen LogP contribution in [0.5, 0.6) is 0 Å². The molecule has 1 aromatic heterocycles. The predicted octanol–water partition coefficient (Wildman–Crippen LogP) is 2.62.